The van der Waals surface area contributed by atoms with Gasteiger partial charge in [-0.2, -0.15) is 13.2 Å². The van der Waals surface area contributed by atoms with E-state index < -0.39 is 17.5 Å². The molecule has 1 saturated heterocycles. The van der Waals surface area contributed by atoms with Gasteiger partial charge in [-0.15, -0.1) is 0 Å². The van der Waals surface area contributed by atoms with E-state index in [0.29, 0.717) is 13.0 Å². The third kappa shape index (κ3) is 4.59. The number of nitrogens with one attached hydrogen (secondary N) is 1. The summed E-state index contributed by atoms with van der Waals surface area (Å²) in [7, 11) is 0. The number of nitrogens with zero attached hydrogens (tertiary/aromatic N) is 2. The number of hydrogen-bond acceptors (Lipinski definition) is 2. The molecule has 0 spiro atoms. The summed E-state index contributed by atoms with van der Waals surface area (Å²) in [4.78, 5) is 17.6. The fraction of sp³-hybridized carbons (Fsp3) is 0.625. The Balaban J connectivity index is 1.85. The van der Waals surface area contributed by atoms with Crippen molar-refractivity contribution in [1.82, 2.24) is 15.2 Å². The smallest absolute Gasteiger partial charge is 0.338 e. The van der Waals surface area contributed by atoms with E-state index in [1.54, 1.807) is 26.2 Å². The zero-order chi connectivity index (χ0) is 17.1. The first kappa shape index (κ1) is 17.6. The molecule has 4 nitrogen and oxygen atoms in total. The van der Waals surface area contributed by atoms with Gasteiger partial charge in [0.15, 0.2) is 0 Å². The lowest BCUT2D eigenvalue weighted by Gasteiger charge is -2.44. The standard InChI is InChI=1S/C16H22F3N3O/c1-15(2)11-22(9-6-13(15)16(17,18)19)14(23)21-8-5-12-4-3-7-20-10-12/h3-4,7,10,13H,5-6,8-9,11H2,1-2H3,(H,21,23)/t13-/m0/s1. The van der Waals surface area contributed by atoms with Crippen LogP contribution in [0.5, 0.6) is 0 Å². The number of hydrogen-bond donors (Lipinski definition) is 1. The molecule has 2 rings (SSSR count). The summed E-state index contributed by atoms with van der Waals surface area (Å²) in [5.41, 5.74) is 0.0286. The molecular formula is C16H22F3N3O. The monoisotopic (exact) mass is 329 g/mol. The molecule has 1 fully saturated rings. The molecule has 0 unspecified atom stereocenters. The number of carbonyl (C=O) groups is 1. The van der Waals surface area contributed by atoms with Gasteiger partial charge < -0.3 is 10.2 Å². The van der Waals surface area contributed by atoms with E-state index in [-0.39, 0.29) is 25.5 Å². The van der Waals surface area contributed by atoms with Gasteiger partial charge in [-0.25, -0.2) is 4.79 Å². The van der Waals surface area contributed by atoms with Crippen LogP contribution in [0.2, 0.25) is 0 Å². The highest BCUT2D eigenvalue weighted by Gasteiger charge is 2.51. The molecule has 1 aromatic rings. The van der Waals surface area contributed by atoms with E-state index in [1.807, 2.05) is 12.1 Å². The highest BCUT2D eigenvalue weighted by atomic mass is 19.4. The topological polar surface area (TPSA) is 45.2 Å². The second-order valence-electron chi connectivity index (χ2n) is 6.64. The fourth-order valence-corrected chi connectivity index (χ4v) is 3.11. The summed E-state index contributed by atoms with van der Waals surface area (Å²) in [5.74, 6) is -1.37. The minimum absolute atomic E-state index is 0.0491. The van der Waals surface area contributed by atoms with Crippen molar-refractivity contribution in [2.24, 2.45) is 11.3 Å². The molecule has 2 heterocycles. The quantitative estimate of drug-likeness (QED) is 0.925. The maximum atomic E-state index is 13.0. The number of urea groups is 1. The largest absolute Gasteiger partial charge is 0.392 e. The van der Waals surface area contributed by atoms with Crippen LogP contribution in [0.25, 0.3) is 0 Å². The summed E-state index contributed by atoms with van der Waals surface area (Å²) in [6, 6.07) is 3.43. The van der Waals surface area contributed by atoms with Crippen LogP contribution < -0.4 is 5.32 Å². The van der Waals surface area contributed by atoms with Crippen LogP contribution in [0.1, 0.15) is 25.8 Å². The number of piperidine rings is 1. The second-order valence-corrected chi connectivity index (χ2v) is 6.64. The first-order chi connectivity index (χ1) is 10.7. The van der Waals surface area contributed by atoms with E-state index in [0.717, 1.165) is 5.56 Å². The number of likely N-dealkylation sites (tertiary alicyclic amines) is 1. The Labute approximate surface area is 134 Å². The molecule has 23 heavy (non-hydrogen) atoms. The molecule has 0 aliphatic carbocycles. The number of aromatic nitrogens is 1. The molecule has 1 N–H and O–H groups in total. The van der Waals surface area contributed by atoms with Gasteiger partial charge in [0.2, 0.25) is 0 Å². The number of carbonyl (C=O) groups excluding carboxylic acids is 1. The molecule has 0 aromatic carbocycles. The first-order valence-corrected chi connectivity index (χ1v) is 7.68. The number of rotatable bonds is 3. The lowest BCUT2D eigenvalue weighted by atomic mass is 9.73. The molecule has 0 radical (unpaired) electrons. The Morgan fingerprint density at radius 3 is 2.78 bits per heavy atom. The van der Waals surface area contributed by atoms with Crippen LogP contribution in [0.4, 0.5) is 18.0 Å². The van der Waals surface area contributed by atoms with Crippen LogP contribution in [-0.4, -0.2) is 41.7 Å². The summed E-state index contributed by atoms with van der Waals surface area (Å²) in [6.45, 7) is 3.81. The molecule has 128 valence electrons. The van der Waals surface area contributed by atoms with Crippen molar-refractivity contribution in [1.29, 1.82) is 0 Å². The molecule has 0 saturated carbocycles. The number of halogens is 3. The summed E-state index contributed by atoms with van der Waals surface area (Å²) in [5, 5.41) is 2.77. The molecular weight excluding hydrogens is 307 g/mol. The molecule has 2 amide bonds. The Kier molecular flexibility index (Phi) is 5.16. The van der Waals surface area contributed by atoms with Gasteiger partial charge in [0.05, 0.1) is 5.92 Å². The maximum absolute atomic E-state index is 13.0. The van der Waals surface area contributed by atoms with Crippen molar-refractivity contribution < 1.29 is 18.0 Å². The number of pyridine rings is 1. The van der Waals surface area contributed by atoms with E-state index in [9.17, 15) is 18.0 Å². The molecule has 1 atom stereocenters. The average molecular weight is 329 g/mol. The summed E-state index contributed by atoms with van der Waals surface area (Å²) >= 11 is 0. The molecule has 1 aromatic heterocycles. The van der Waals surface area contributed by atoms with Crippen LogP contribution in [0, 0.1) is 11.3 Å². The van der Waals surface area contributed by atoms with Gasteiger partial charge in [0.1, 0.15) is 0 Å². The third-order valence-electron chi connectivity index (χ3n) is 4.32. The summed E-state index contributed by atoms with van der Waals surface area (Å²) < 4.78 is 39.1. The number of amides is 2. The fourth-order valence-electron chi connectivity index (χ4n) is 3.11. The van der Waals surface area contributed by atoms with Crippen molar-refractivity contribution in [3.63, 3.8) is 0 Å². The minimum Gasteiger partial charge on any atom is -0.338 e. The third-order valence-corrected chi connectivity index (χ3v) is 4.32. The van der Waals surface area contributed by atoms with Gasteiger partial charge in [-0.1, -0.05) is 19.9 Å². The van der Waals surface area contributed by atoms with Crippen LogP contribution in [-0.2, 0) is 6.42 Å². The normalized spacial score (nSPS) is 21.1. The van der Waals surface area contributed by atoms with E-state index in [4.69, 9.17) is 0 Å². The van der Waals surface area contributed by atoms with Gasteiger partial charge in [-0.05, 0) is 29.9 Å². The van der Waals surface area contributed by atoms with Gasteiger partial charge >= 0.3 is 12.2 Å². The van der Waals surface area contributed by atoms with E-state index in [2.05, 4.69) is 10.3 Å². The van der Waals surface area contributed by atoms with E-state index in [1.165, 1.54) is 4.90 Å². The first-order valence-electron chi connectivity index (χ1n) is 7.68. The Bertz CT molecular complexity index is 531. The zero-order valence-corrected chi connectivity index (χ0v) is 13.4. The minimum atomic E-state index is -4.22. The van der Waals surface area contributed by atoms with Crippen molar-refractivity contribution in [2.45, 2.75) is 32.9 Å². The number of alkyl halides is 3. The van der Waals surface area contributed by atoms with Crippen LogP contribution in [0.15, 0.2) is 24.5 Å². The lowest BCUT2D eigenvalue weighted by molar-refractivity contribution is -0.214. The molecule has 1 aliphatic rings. The van der Waals surface area contributed by atoms with Crippen molar-refractivity contribution in [2.75, 3.05) is 19.6 Å². The zero-order valence-electron chi connectivity index (χ0n) is 13.4. The predicted molar refractivity (Wildman–Crippen MR) is 80.9 cm³/mol. The van der Waals surface area contributed by atoms with Crippen molar-refractivity contribution >= 4 is 6.03 Å². The van der Waals surface area contributed by atoms with E-state index >= 15 is 0 Å². The molecule has 7 heteroatoms. The Morgan fingerprint density at radius 2 is 2.22 bits per heavy atom. The van der Waals surface area contributed by atoms with Crippen molar-refractivity contribution in [3.8, 4) is 0 Å². The van der Waals surface area contributed by atoms with Crippen molar-refractivity contribution in [3.05, 3.63) is 30.1 Å². The molecule has 1 aliphatic heterocycles. The van der Waals surface area contributed by atoms with Gasteiger partial charge in [-0.3, -0.25) is 4.98 Å². The van der Waals surface area contributed by atoms with Crippen LogP contribution >= 0.6 is 0 Å². The second kappa shape index (κ2) is 6.76. The molecule has 0 bridgehead atoms. The Hall–Kier alpha value is -1.79. The highest BCUT2D eigenvalue weighted by Crippen LogP contribution is 2.44. The van der Waals surface area contributed by atoms with Gasteiger partial charge in [0.25, 0.3) is 0 Å². The SMILES string of the molecule is CC1(C)CN(C(=O)NCCc2cccnc2)CC[C@@H]1C(F)(F)F. The lowest BCUT2D eigenvalue weighted by Crippen LogP contribution is -2.54. The average Bonchev–Trinajstić information content (AvgIpc) is 2.45. The highest BCUT2D eigenvalue weighted by molar-refractivity contribution is 5.74. The maximum Gasteiger partial charge on any atom is 0.392 e. The summed E-state index contributed by atoms with van der Waals surface area (Å²) in [6.07, 6.45) is -0.222. The van der Waals surface area contributed by atoms with Crippen LogP contribution in [0.3, 0.4) is 0 Å². The predicted octanol–water partition coefficient (Wildman–Crippen LogP) is 3.24. The Morgan fingerprint density at radius 1 is 1.48 bits per heavy atom. The van der Waals surface area contributed by atoms with Gasteiger partial charge in [0, 0.05) is 32.0 Å².